The summed E-state index contributed by atoms with van der Waals surface area (Å²) in [6.07, 6.45) is 3.50. The molecule has 1 heterocycles. The van der Waals surface area contributed by atoms with E-state index >= 15 is 0 Å². The van der Waals surface area contributed by atoms with E-state index in [0.717, 1.165) is 0 Å². The number of rotatable bonds is 4. The third-order valence-corrected chi connectivity index (χ3v) is 1.10. The van der Waals surface area contributed by atoms with Crippen molar-refractivity contribution in [1.82, 2.24) is 9.97 Å². The predicted molar refractivity (Wildman–Crippen MR) is 40.1 cm³/mol. The molecule has 0 saturated carbocycles. The molecule has 0 fully saturated rings. The molecule has 12 heavy (non-hydrogen) atoms. The molecule has 0 spiro atoms. The Bertz CT molecular complexity index is 265. The van der Waals surface area contributed by atoms with Crippen LogP contribution in [0.2, 0.25) is 0 Å². The Labute approximate surface area is 69.4 Å². The van der Waals surface area contributed by atoms with Crippen LogP contribution in [0.4, 0.5) is 0 Å². The van der Waals surface area contributed by atoms with Crippen molar-refractivity contribution in [3.05, 3.63) is 12.4 Å². The van der Waals surface area contributed by atoms with Gasteiger partial charge in [-0.15, -0.1) is 0 Å². The number of aldehydes is 1. The van der Waals surface area contributed by atoms with E-state index in [9.17, 15) is 4.79 Å². The lowest BCUT2D eigenvalue weighted by atomic mass is 10.7. The second-order valence-electron chi connectivity index (χ2n) is 1.88. The monoisotopic (exact) mass is 168 g/mol. The highest BCUT2D eigenvalue weighted by atomic mass is 16.5. The first kappa shape index (κ1) is 8.45. The third kappa shape index (κ3) is 2.19. The number of methoxy groups -OCH3 is 1. The molecule has 0 aliphatic carbocycles. The fourth-order valence-electron chi connectivity index (χ4n) is 0.618. The van der Waals surface area contributed by atoms with Gasteiger partial charge in [0.2, 0.25) is 11.8 Å². The molecule has 1 rings (SSSR count). The van der Waals surface area contributed by atoms with Crippen LogP contribution in [0.5, 0.6) is 11.8 Å². The summed E-state index contributed by atoms with van der Waals surface area (Å²) in [5, 5.41) is 0. The molecule has 0 aromatic carbocycles. The number of aromatic nitrogens is 2. The first-order valence-electron chi connectivity index (χ1n) is 3.29. The van der Waals surface area contributed by atoms with Gasteiger partial charge < -0.3 is 9.47 Å². The van der Waals surface area contributed by atoms with Gasteiger partial charge in [-0.25, -0.2) is 0 Å². The molecular weight excluding hydrogens is 160 g/mol. The minimum Gasteiger partial charge on any atom is -0.480 e. The normalized spacial score (nSPS) is 9.08. The van der Waals surface area contributed by atoms with Crippen LogP contribution in [0, 0.1) is 0 Å². The molecule has 0 atom stereocenters. The van der Waals surface area contributed by atoms with E-state index < -0.39 is 0 Å². The lowest BCUT2D eigenvalue weighted by Crippen LogP contribution is -2.00. The van der Waals surface area contributed by atoms with Crippen LogP contribution in [0.1, 0.15) is 0 Å². The van der Waals surface area contributed by atoms with Crippen LogP contribution in [0.3, 0.4) is 0 Å². The maximum Gasteiger partial charge on any atom is 0.236 e. The average Bonchev–Trinajstić information content (AvgIpc) is 2.15. The summed E-state index contributed by atoms with van der Waals surface area (Å²) in [5.41, 5.74) is 0. The lowest BCUT2D eigenvalue weighted by molar-refractivity contribution is -0.109. The van der Waals surface area contributed by atoms with E-state index in [4.69, 9.17) is 9.47 Å². The highest BCUT2D eigenvalue weighted by Gasteiger charge is 1.97. The molecule has 5 heteroatoms. The number of carbonyl (C=O) groups excluding carboxylic acids is 1. The molecule has 0 aliphatic heterocycles. The van der Waals surface area contributed by atoms with E-state index in [1.54, 1.807) is 0 Å². The summed E-state index contributed by atoms with van der Waals surface area (Å²) in [4.78, 5) is 17.6. The molecule has 0 aliphatic rings. The number of hydrogen-bond acceptors (Lipinski definition) is 5. The number of carbonyl (C=O) groups is 1. The fourth-order valence-corrected chi connectivity index (χ4v) is 0.618. The van der Waals surface area contributed by atoms with Crippen LogP contribution < -0.4 is 9.47 Å². The molecule has 0 bridgehead atoms. The van der Waals surface area contributed by atoms with Gasteiger partial charge in [-0.3, -0.25) is 9.78 Å². The Morgan fingerprint density at radius 3 is 2.92 bits per heavy atom. The highest BCUT2D eigenvalue weighted by molar-refractivity contribution is 5.51. The van der Waals surface area contributed by atoms with Gasteiger partial charge in [-0.1, -0.05) is 0 Å². The quantitative estimate of drug-likeness (QED) is 0.595. The Kier molecular flexibility index (Phi) is 3.01. The van der Waals surface area contributed by atoms with Crippen molar-refractivity contribution in [2.45, 2.75) is 0 Å². The van der Waals surface area contributed by atoms with Gasteiger partial charge in [0.25, 0.3) is 0 Å². The zero-order chi connectivity index (χ0) is 8.81. The van der Waals surface area contributed by atoms with Crippen LogP contribution >= 0.6 is 0 Å². The van der Waals surface area contributed by atoms with Crippen molar-refractivity contribution in [2.24, 2.45) is 0 Å². The molecule has 1 aromatic heterocycles. The Balaban J connectivity index is 2.65. The second-order valence-corrected chi connectivity index (χ2v) is 1.88. The van der Waals surface area contributed by atoms with E-state index in [-0.39, 0.29) is 12.5 Å². The molecule has 0 amide bonds. The molecule has 5 nitrogen and oxygen atoms in total. The third-order valence-electron chi connectivity index (χ3n) is 1.10. The standard InChI is InChI=1S/C7H8N2O3/c1-11-6-4-8-5-7(9-6)12-3-2-10/h2,4-5H,3H2,1H3. The van der Waals surface area contributed by atoms with Crippen LogP contribution in [-0.4, -0.2) is 30.0 Å². The molecule has 1 aromatic rings. The summed E-state index contributed by atoms with van der Waals surface area (Å²) in [5.74, 6) is 0.639. The van der Waals surface area contributed by atoms with E-state index in [2.05, 4.69) is 9.97 Å². The van der Waals surface area contributed by atoms with Crippen LogP contribution in [0.25, 0.3) is 0 Å². The topological polar surface area (TPSA) is 61.3 Å². The van der Waals surface area contributed by atoms with E-state index in [1.165, 1.54) is 19.5 Å². The number of nitrogens with zero attached hydrogens (tertiary/aromatic N) is 2. The number of ether oxygens (including phenoxy) is 2. The maximum absolute atomic E-state index is 9.93. The van der Waals surface area contributed by atoms with Crippen LogP contribution in [0.15, 0.2) is 12.4 Å². The summed E-state index contributed by atoms with van der Waals surface area (Å²) in [7, 11) is 1.48. The molecule has 0 N–H and O–H groups in total. The van der Waals surface area contributed by atoms with Crippen molar-refractivity contribution in [1.29, 1.82) is 0 Å². The smallest absolute Gasteiger partial charge is 0.236 e. The molecule has 64 valence electrons. The summed E-state index contributed by atoms with van der Waals surface area (Å²) in [6, 6.07) is 0. The Morgan fingerprint density at radius 1 is 1.50 bits per heavy atom. The SMILES string of the molecule is COc1cncc(OCC=O)n1. The molecule has 0 unspecified atom stereocenters. The Morgan fingerprint density at radius 2 is 2.25 bits per heavy atom. The fraction of sp³-hybridized carbons (Fsp3) is 0.286. The average molecular weight is 168 g/mol. The first-order valence-corrected chi connectivity index (χ1v) is 3.29. The van der Waals surface area contributed by atoms with Crippen molar-refractivity contribution < 1.29 is 14.3 Å². The first-order chi connectivity index (χ1) is 5.86. The van der Waals surface area contributed by atoms with Gasteiger partial charge in [0.1, 0.15) is 6.61 Å². The molecular formula is C7H8N2O3. The van der Waals surface area contributed by atoms with Gasteiger partial charge in [-0.2, -0.15) is 4.98 Å². The van der Waals surface area contributed by atoms with Gasteiger partial charge in [-0.05, 0) is 0 Å². The number of hydrogen-bond donors (Lipinski definition) is 0. The van der Waals surface area contributed by atoms with Gasteiger partial charge in [0.05, 0.1) is 19.5 Å². The predicted octanol–water partition coefficient (Wildman–Crippen LogP) is 0.0629. The summed E-state index contributed by atoms with van der Waals surface area (Å²) in [6.45, 7) is -0.0259. The van der Waals surface area contributed by atoms with E-state index in [0.29, 0.717) is 12.2 Å². The molecule has 0 radical (unpaired) electrons. The largest absolute Gasteiger partial charge is 0.480 e. The van der Waals surface area contributed by atoms with E-state index in [1.807, 2.05) is 0 Å². The van der Waals surface area contributed by atoms with Crippen molar-refractivity contribution in [3.63, 3.8) is 0 Å². The minimum atomic E-state index is -0.0259. The minimum absolute atomic E-state index is 0.0259. The van der Waals surface area contributed by atoms with Gasteiger partial charge in [0.15, 0.2) is 6.29 Å². The molecule has 0 saturated heterocycles. The van der Waals surface area contributed by atoms with Gasteiger partial charge >= 0.3 is 0 Å². The summed E-state index contributed by atoms with van der Waals surface area (Å²) >= 11 is 0. The highest BCUT2D eigenvalue weighted by Crippen LogP contribution is 2.09. The zero-order valence-electron chi connectivity index (χ0n) is 6.56. The van der Waals surface area contributed by atoms with Crippen molar-refractivity contribution in [2.75, 3.05) is 13.7 Å². The van der Waals surface area contributed by atoms with Crippen molar-refractivity contribution in [3.8, 4) is 11.8 Å². The lowest BCUT2D eigenvalue weighted by Gasteiger charge is -2.01. The Hall–Kier alpha value is -1.65. The zero-order valence-corrected chi connectivity index (χ0v) is 6.56. The summed E-state index contributed by atoms with van der Waals surface area (Å²) < 4.78 is 9.67. The second kappa shape index (κ2) is 4.27. The van der Waals surface area contributed by atoms with Crippen molar-refractivity contribution >= 4 is 6.29 Å². The maximum atomic E-state index is 9.93. The van der Waals surface area contributed by atoms with Gasteiger partial charge in [0, 0.05) is 0 Å². The van der Waals surface area contributed by atoms with Crippen LogP contribution in [-0.2, 0) is 4.79 Å².